The van der Waals surface area contributed by atoms with Gasteiger partial charge in [-0.2, -0.15) is 0 Å². The number of rotatable bonds is 6. The zero-order valence-electron chi connectivity index (χ0n) is 14.7. The molecule has 0 saturated heterocycles. The maximum absolute atomic E-state index is 11.4. The summed E-state index contributed by atoms with van der Waals surface area (Å²) in [4.78, 5) is 11.4. The molecule has 0 aliphatic rings. The molecule has 0 aromatic heterocycles. The molecule has 0 amide bonds. The second-order valence-corrected chi connectivity index (χ2v) is 6.20. The average Bonchev–Trinajstić information content (AvgIpc) is 2.62. The predicted octanol–water partition coefficient (Wildman–Crippen LogP) is 5.05. The molecule has 0 aliphatic heterocycles. The van der Waals surface area contributed by atoms with Crippen LogP contribution in [-0.2, 0) is 17.8 Å². The summed E-state index contributed by atoms with van der Waals surface area (Å²) >= 11 is 3.54. The molecular formula is C19H21BrO5. The summed E-state index contributed by atoms with van der Waals surface area (Å²) in [7, 11) is 2.81. The van der Waals surface area contributed by atoms with Gasteiger partial charge >= 0.3 is 6.16 Å². The third-order valence-electron chi connectivity index (χ3n) is 3.81. The van der Waals surface area contributed by atoms with Gasteiger partial charge in [0, 0.05) is 0 Å². The minimum atomic E-state index is -0.793. The molecule has 0 N–H and O–H groups in total. The molecule has 2 aromatic rings. The molecule has 0 saturated carbocycles. The van der Waals surface area contributed by atoms with Gasteiger partial charge in [0.15, 0.2) is 0 Å². The van der Waals surface area contributed by atoms with E-state index in [0.29, 0.717) is 22.8 Å². The number of carbonyl (C=O) groups excluding carboxylic acids is 1. The topological polar surface area (TPSA) is 54.0 Å². The van der Waals surface area contributed by atoms with Crippen molar-refractivity contribution in [2.75, 3.05) is 14.2 Å². The van der Waals surface area contributed by atoms with Crippen LogP contribution in [0.5, 0.6) is 17.2 Å². The molecule has 0 heterocycles. The van der Waals surface area contributed by atoms with Gasteiger partial charge in [0.2, 0.25) is 0 Å². The monoisotopic (exact) mass is 408 g/mol. The predicted molar refractivity (Wildman–Crippen MR) is 98.6 cm³/mol. The van der Waals surface area contributed by atoms with Crippen molar-refractivity contribution in [2.24, 2.45) is 0 Å². The minimum Gasteiger partial charge on any atom is -0.496 e. The lowest BCUT2D eigenvalue weighted by molar-refractivity contribution is 0.120. The third kappa shape index (κ3) is 4.66. The normalized spacial score (nSPS) is 10.3. The van der Waals surface area contributed by atoms with Crippen LogP contribution in [0.1, 0.15) is 23.6 Å². The van der Waals surface area contributed by atoms with Gasteiger partial charge in [0.1, 0.15) is 23.9 Å². The first-order valence-corrected chi connectivity index (χ1v) is 8.62. The molecule has 0 fully saturated rings. The molecule has 0 unspecified atom stereocenters. The van der Waals surface area contributed by atoms with Crippen molar-refractivity contribution in [3.63, 3.8) is 0 Å². The number of ether oxygens (including phenoxy) is 4. The molecule has 0 aliphatic carbocycles. The molecular weight excluding hydrogens is 388 g/mol. The molecule has 6 heteroatoms. The van der Waals surface area contributed by atoms with E-state index in [1.165, 1.54) is 12.7 Å². The van der Waals surface area contributed by atoms with Crippen molar-refractivity contribution in [1.82, 2.24) is 0 Å². The Labute approximate surface area is 156 Å². The van der Waals surface area contributed by atoms with E-state index < -0.39 is 6.16 Å². The number of carbonyl (C=O) groups is 1. The highest BCUT2D eigenvalue weighted by Crippen LogP contribution is 2.33. The first-order valence-electron chi connectivity index (χ1n) is 7.83. The lowest BCUT2D eigenvalue weighted by atomic mass is 10.1. The molecule has 2 rings (SSSR count). The Morgan fingerprint density at radius 2 is 1.84 bits per heavy atom. The molecule has 0 spiro atoms. The van der Waals surface area contributed by atoms with Gasteiger partial charge in [0.25, 0.3) is 0 Å². The first-order chi connectivity index (χ1) is 12.0. The highest BCUT2D eigenvalue weighted by atomic mass is 79.9. The van der Waals surface area contributed by atoms with Crippen molar-refractivity contribution in [3.05, 3.63) is 51.5 Å². The van der Waals surface area contributed by atoms with E-state index in [4.69, 9.17) is 14.2 Å². The van der Waals surface area contributed by atoms with Crippen LogP contribution in [-0.4, -0.2) is 20.4 Å². The Kier molecular flexibility index (Phi) is 6.70. The maximum atomic E-state index is 11.4. The van der Waals surface area contributed by atoms with Gasteiger partial charge in [-0.15, -0.1) is 0 Å². The Bertz CT molecular complexity index is 758. The Hall–Kier alpha value is -2.21. The van der Waals surface area contributed by atoms with E-state index in [1.54, 1.807) is 25.3 Å². The van der Waals surface area contributed by atoms with Crippen LogP contribution in [0.4, 0.5) is 4.79 Å². The Morgan fingerprint density at radius 1 is 1.12 bits per heavy atom. The number of halogens is 1. The molecule has 0 bridgehead atoms. The van der Waals surface area contributed by atoms with Crippen molar-refractivity contribution < 1.29 is 23.7 Å². The smallest absolute Gasteiger partial charge is 0.496 e. The summed E-state index contributed by atoms with van der Waals surface area (Å²) in [5, 5.41) is 0. The number of aryl methyl sites for hydroxylation is 2. The van der Waals surface area contributed by atoms with Crippen molar-refractivity contribution in [3.8, 4) is 17.2 Å². The summed E-state index contributed by atoms with van der Waals surface area (Å²) in [6.07, 6.45) is 0.160. The maximum Gasteiger partial charge on any atom is 0.513 e. The zero-order valence-corrected chi connectivity index (χ0v) is 16.3. The van der Waals surface area contributed by atoms with Gasteiger partial charge in [0.05, 0.1) is 24.3 Å². The quantitative estimate of drug-likeness (QED) is 0.494. The van der Waals surface area contributed by atoms with Crippen LogP contribution in [0, 0.1) is 6.92 Å². The van der Waals surface area contributed by atoms with Crippen LogP contribution < -0.4 is 14.2 Å². The fourth-order valence-corrected chi connectivity index (χ4v) is 2.95. The fraction of sp³-hybridized carbons (Fsp3) is 0.316. The van der Waals surface area contributed by atoms with Crippen LogP contribution in [0.25, 0.3) is 0 Å². The number of hydrogen-bond acceptors (Lipinski definition) is 5. The van der Waals surface area contributed by atoms with Crippen molar-refractivity contribution in [2.45, 2.75) is 26.9 Å². The van der Waals surface area contributed by atoms with E-state index in [1.807, 2.05) is 13.0 Å². The largest absolute Gasteiger partial charge is 0.513 e. The highest BCUT2D eigenvalue weighted by Gasteiger charge is 2.16. The lowest BCUT2D eigenvalue weighted by Gasteiger charge is -2.16. The number of benzene rings is 2. The number of methoxy groups -OCH3 is 2. The lowest BCUT2D eigenvalue weighted by Crippen LogP contribution is -2.10. The first kappa shape index (κ1) is 19.1. The van der Waals surface area contributed by atoms with Gasteiger partial charge in [-0.3, -0.25) is 0 Å². The fourth-order valence-electron chi connectivity index (χ4n) is 2.44. The third-order valence-corrected chi connectivity index (χ3v) is 4.43. The van der Waals surface area contributed by atoms with E-state index in [2.05, 4.69) is 33.7 Å². The van der Waals surface area contributed by atoms with Crippen molar-refractivity contribution in [1.29, 1.82) is 0 Å². The summed E-state index contributed by atoms with van der Waals surface area (Å²) in [5.74, 6) is 1.62. The van der Waals surface area contributed by atoms with Gasteiger partial charge in [-0.1, -0.05) is 13.0 Å². The summed E-state index contributed by atoms with van der Waals surface area (Å²) in [5.41, 5.74) is 3.04. The molecule has 0 atom stereocenters. The van der Waals surface area contributed by atoms with Gasteiger partial charge < -0.3 is 18.9 Å². The van der Waals surface area contributed by atoms with Crippen LogP contribution in [0.15, 0.2) is 34.8 Å². The summed E-state index contributed by atoms with van der Waals surface area (Å²) in [6.45, 7) is 4.34. The summed E-state index contributed by atoms with van der Waals surface area (Å²) < 4.78 is 21.9. The van der Waals surface area contributed by atoms with Crippen LogP contribution in [0.2, 0.25) is 0 Å². The molecule has 25 heavy (non-hydrogen) atoms. The Morgan fingerprint density at radius 3 is 2.48 bits per heavy atom. The number of hydrogen-bond donors (Lipinski definition) is 0. The van der Waals surface area contributed by atoms with E-state index >= 15 is 0 Å². The van der Waals surface area contributed by atoms with E-state index in [9.17, 15) is 4.79 Å². The molecule has 134 valence electrons. The average molecular weight is 409 g/mol. The minimum absolute atomic E-state index is 0.180. The van der Waals surface area contributed by atoms with Gasteiger partial charge in [-0.05, 0) is 64.7 Å². The SMILES string of the molecule is CCc1cc(Br)c(OCc2c(OC)cccc2OC(=O)OC)cc1C. The van der Waals surface area contributed by atoms with Gasteiger partial charge in [-0.25, -0.2) is 4.79 Å². The summed E-state index contributed by atoms with van der Waals surface area (Å²) in [6, 6.07) is 9.22. The second-order valence-electron chi connectivity index (χ2n) is 5.34. The Balaban J connectivity index is 2.28. The zero-order chi connectivity index (χ0) is 18.4. The molecule has 5 nitrogen and oxygen atoms in total. The molecule has 0 radical (unpaired) electrons. The van der Waals surface area contributed by atoms with E-state index in [0.717, 1.165) is 16.5 Å². The van der Waals surface area contributed by atoms with Crippen molar-refractivity contribution >= 4 is 22.1 Å². The van der Waals surface area contributed by atoms with E-state index in [-0.39, 0.29) is 6.61 Å². The van der Waals surface area contributed by atoms with Crippen LogP contribution >= 0.6 is 15.9 Å². The second kappa shape index (κ2) is 8.76. The standard InChI is InChI=1S/C19H21BrO5/c1-5-13-10-15(20)18(9-12(13)2)24-11-14-16(22-3)7-6-8-17(14)25-19(21)23-4/h6-10H,5,11H2,1-4H3. The molecule has 2 aromatic carbocycles. The van der Waals surface area contributed by atoms with Crippen LogP contribution in [0.3, 0.4) is 0 Å². The highest BCUT2D eigenvalue weighted by molar-refractivity contribution is 9.10.